The van der Waals surface area contributed by atoms with E-state index < -0.39 is 0 Å². The van der Waals surface area contributed by atoms with E-state index in [0.717, 1.165) is 56.7 Å². The van der Waals surface area contributed by atoms with Crippen molar-refractivity contribution in [2.75, 3.05) is 26.2 Å². The lowest BCUT2D eigenvalue weighted by Gasteiger charge is -2.31. The van der Waals surface area contributed by atoms with E-state index >= 15 is 0 Å². The molecule has 0 saturated heterocycles. The van der Waals surface area contributed by atoms with Crippen LogP contribution >= 0.6 is 0 Å². The molecule has 0 bridgehead atoms. The van der Waals surface area contributed by atoms with E-state index in [1.54, 1.807) is 12.6 Å². The molecule has 0 aliphatic carbocycles. The fourth-order valence-corrected chi connectivity index (χ4v) is 3.76. The molecule has 2 heterocycles. The summed E-state index contributed by atoms with van der Waals surface area (Å²) < 4.78 is 7.52. The van der Waals surface area contributed by atoms with Gasteiger partial charge in [-0.25, -0.2) is 4.99 Å². The van der Waals surface area contributed by atoms with E-state index in [4.69, 9.17) is 9.41 Å². The molecule has 1 aromatic carbocycles. The smallest absolute Gasteiger partial charge is 0.191 e. The van der Waals surface area contributed by atoms with Crippen LogP contribution in [0.15, 0.2) is 64.5 Å². The molecule has 0 spiro atoms. The number of aliphatic imine (C=N–C) groups is 1. The van der Waals surface area contributed by atoms with Gasteiger partial charge in [0.15, 0.2) is 5.96 Å². The molecule has 0 saturated carbocycles. The lowest BCUT2D eigenvalue weighted by Crippen LogP contribution is -2.44. The second-order valence-corrected chi connectivity index (χ2v) is 7.49. The zero-order valence-electron chi connectivity index (χ0n) is 19.4. The van der Waals surface area contributed by atoms with Gasteiger partial charge in [0.25, 0.3) is 0 Å². The Balaban J connectivity index is 1.67. The summed E-state index contributed by atoms with van der Waals surface area (Å²) in [4.78, 5) is 7.20. The van der Waals surface area contributed by atoms with Gasteiger partial charge in [0, 0.05) is 26.1 Å². The van der Waals surface area contributed by atoms with Crippen LogP contribution < -0.4 is 10.6 Å². The van der Waals surface area contributed by atoms with Gasteiger partial charge in [0.05, 0.1) is 12.3 Å². The van der Waals surface area contributed by atoms with Crippen LogP contribution in [-0.4, -0.2) is 51.8 Å². The number of likely N-dealkylation sites (N-methyl/N-ethyl adjacent to an activating group) is 1. The molecule has 0 radical (unpaired) electrons. The van der Waals surface area contributed by atoms with Crippen LogP contribution in [0.3, 0.4) is 0 Å². The summed E-state index contributed by atoms with van der Waals surface area (Å²) in [6.07, 6.45) is 4.31. The Kier molecular flexibility index (Phi) is 9.31. The van der Waals surface area contributed by atoms with Crippen LogP contribution in [-0.2, 0) is 19.5 Å². The van der Waals surface area contributed by atoms with Crippen LogP contribution in [0.1, 0.15) is 44.0 Å². The Bertz CT molecular complexity index is 917. The van der Waals surface area contributed by atoms with Crippen molar-refractivity contribution in [2.45, 2.75) is 46.3 Å². The SMILES string of the molecule is CCc1nncn1CCNC(=NCc1ccco1)NCC(c1ccccc1)N(CC)CC. The third-order valence-corrected chi connectivity index (χ3v) is 5.53. The maximum Gasteiger partial charge on any atom is 0.191 e. The summed E-state index contributed by atoms with van der Waals surface area (Å²) in [5.41, 5.74) is 1.30. The van der Waals surface area contributed by atoms with E-state index in [0.29, 0.717) is 6.54 Å². The van der Waals surface area contributed by atoms with Crippen molar-refractivity contribution in [1.29, 1.82) is 0 Å². The van der Waals surface area contributed by atoms with Gasteiger partial charge in [-0.3, -0.25) is 4.90 Å². The second-order valence-electron chi connectivity index (χ2n) is 7.49. The number of hydrogen-bond acceptors (Lipinski definition) is 5. The number of rotatable bonds is 12. The van der Waals surface area contributed by atoms with Gasteiger partial charge in [-0.15, -0.1) is 10.2 Å². The Morgan fingerprint density at radius 1 is 1.09 bits per heavy atom. The van der Waals surface area contributed by atoms with Crippen LogP contribution in [0.4, 0.5) is 0 Å². The van der Waals surface area contributed by atoms with Gasteiger partial charge >= 0.3 is 0 Å². The highest BCUT2D eigenvalue weighted by Crippen LogP contribution is 2.19. The molecule has 0 fully saturated rings. The summed E-state index contributed by atoms with van der Waals surface area (Å²) >= 11 is 0. The molecule has 0 aliphatic rings. The Morgan fingerprint density at radius 3 is 2.59 bits per heavy atom. The van der Waals surface area contributed by atoms with Crippen LogP contribution in [0, 0.1) is 0 Å². The van der Waals surface area contributed by atoms with Crippen molar-refractivity contribution in [3.63, 3.8) is 0 Å². The molecule has 1 unspecified atom stereocenters. The minimum absolute atomic E-state index is 0.256. The molecule has 0 aliphatic heterocycles. The third kappa shape index (κ3) is 6.68. The summed E-state index contributed by atoms with van der Waals surface area (Å²) in [6, 6.07) is 14.7. The third-order valence-electron chi connectivity index (χ3n) is 5.53. The fraction of sp³-hybridized carbons (Fsp3) is 0.458. The molecule has 8 heteroatoms. The summed E-state index contributed by atoms with van der Waals surface area (Å²) in [5.74, 6) is 2.58. The average Bonchev–Trinajstić information content (AvgIpc) is 3.52. The van der Waals surface area contributed by atoms with Crippen molar-refractivity contribution in [2.24, 2.45) is 4.99 Å². The molecule has 1 atom stereocenters. The van der Waals surface area contributed by atoms with Gasteiger partial charge in [0.1, 0.15) is 24.5 Å². The van der Waals surface area contributed by atoms with Gasteiger partial charge in [-0.05, 0) is 30.8 Å². The first-order valence-corrected chi connectivity index (χ1v) is 11.4. The van der Waals surface area contributed by atoms with Crippen molar-refractivity contribution < 1.29 is 4.42 Å². The first-order chi connectivity index (χ1) is 15.7. The molecule has 172 valence electrons. The van der Waals surface area contributed by atoms with Crippen LogP contribution in [0.2, 0.25) is 0 Å². The van der Waals surface area contributed by atoms with Gasteiger partial charge in [-0.2, -0.15) is 0 Å². The lowest BCUT2D eigenvalue weighted by molar-refractivity contribution is 0.219. The topological polar surface area (TPSA) is 83.5 Å². The predicted octanol–water partition coefficient (Wildman–Crippen LogP) is 3.25. The monoisotopic (exact) mass is 437 g/mol. The largest absolute Gasteiger partial charge is 0.467 e. The van der Waals surface area contributed by atoms with Crippen LogP contribution in [0.25, 0.3) is 0 Å². The molecule has 8 nitrogen and oxygen atoms in total. The highest BCUT2D eigenvalue weighted by atomic mass is 16.3. The van der Waals surface area contributed by atoms with E-state index in [9.17, 15) is 0 Å². The van der Waals surface area contributed by atoms with Gasteiger partial charge in [-0.1, -0.05) is 51.1 Å². The molecule has 0 amide bonds. The number of furan rings is 1. The van der Waals surface area contributed by atoms with E-state index in [-0.39, 0.29) is 6.04 Å². The Hall–Kier alpha value is -3.13. The van der Waals surface area contributed by atoms with Crippen molar-refractivity contribution >= 4 is 5.96 Å². The molecule has 3 rings (SSSR count). The zero-order chi connectivity index (χ0) is 22.6. The molecule has 3 aromatic rings. The molecule has 2 N–H and O–H groups in total. The molecule has 2 aromatic heterocycles. The maximum absolute atomic E-state index is 5.45. The highest BCUT2D eigenvalue weighted by molar-refractivity contribution is 5.79. The lowest BCUT2D eigenvalue weighted by atomic mass is 10.1. The predicted molar refractivity (Wildman–Crippen MR) is 127 cm³/mol. The second kappa shape index (κ2) is 12.7. The molecular formula is C24H35N7O. The minimum Gasteiger partial charge on any atom is -0.467 e. The standard InChI is InChI=1S/C24H35N7O/c1-4-23-29-28-19-31(23)15-14-25-24(26-17-21-13-10-16-32-21)27-18-22(30(5-2)6-3)20-11-8-7-9-12-20/h7-13,16,19,22H,4-6,14-15,17-18H2,1-3H3,(H2,25,26,27). The fourth-order valence-electron chi connectivity index (χ4n) is 3.76. The van der Waals surface area contributed by atoms with Crippen molar-refractivity contribution in [3.8, 4) is 0 Å². The average molecular weight is 438 g/mol. The number of aryl methyl sites for hydroxylation is 1. The van der Waals surface area contributed by atoms with E-state index in [1.807, 2.05) is 12.1 Å². The number of aromatic nitrogens is 3. The number of guanidine groups is 1. The van der Waals surface area contributed by atoms with E-state index in [1.165, 1.54) is 5.56 Å². The normalized spacial score (nSPS) is 12.8. The quantitative estimate of drug-likeness (QED) is 0.334. The molecular weight excluding hydrogens is 402 g/mol. The van der Waals surface area contributed by atoms with E-state index in [2.05, 4.69) is 81.4 Å². The van der Waals surface area contributed by atoms with Gasteiger partial charge < -0.3 is 19.6 Å². The Morgan fingerprint density at radius 2 is 1.91 bits per heavy atom. The summed E-state index contributed by atoms with van der Waals surface area (Å²) in [5, 5.41) is 15.2. The van der Waals surface area contributed by atoms with Crippen molar-refractivity contribution in [3.05, 3.63) is 72.2 Å². The first kappa shape index (κ1) is 23.5. The first-order valence-electron chi connectivity index (χ1n) is 11.4. The minimum atomic E-state index is 0.256. The van der Waals surface area contributed by atoms with Crippen molar-refractivity contribution in [1.82, 2.24) is 30.3 Å². The number of hydrogen-bond donors (Lipinski definition) is 2. The highest BCUT2D eigenvalue weighted by Gasteiger charge is 2.18. The number of nitrogens with zero attached hydrogens (tertiary/aromatic N) is 5. The summed E-state index contributed by atoms with van der Waals surface area (Å²) in [6.45, 7) is 11.2. The maximum atomic E-state index is 5.45. The molecule has 32 heavy (non-hydrogen) atoms. The number of benzene rings is 1. The number of nitrogens with one attached hydrogen (secondary N) is 2. The van der Waals surface area contributed by atoms with Crippen LogP contribution in [0.5, 0.6) is 0 Å². The summed E-state index contributed by atoms with van der Waals surface area (Å²) in [7, 11) is 0. The zero-order valence-corrected chi connectivity index (χ0v) is 19.4. The Labute approximate surface area is 190 Å². The van der Waals surface area contributed by atoms with Gasteiger partial charge in [0.2, 0.25) is 0 Å².